The van der Waals surface area contributed by atoms with E-state index < -0.39 is 30.7 Å². The number of hydrogen-bond donors (Lipinski definition) is 2. The van der Waals surface area contributed by atoms with Crippen LogP contribution < -0.4 is 10.2 Å². The molecule has 0 saturated carbocycles. The van der Waals surface area contributed by atoms with Crippen molar-refractivity contribution in [1.29, 1.82) is 0 Å². The van der Waals surface area contributed by atoms with Crippen molar-refractivity contribution in [2.75, 3.05) is 7.11 Å². The molecule has 0 bridgehead atoms. The number of halogens is 3. The lowest BCUT2D eigenvalue weighted by molar-refractivity contribution is -0.274. The van der Waals surface area contributed by atoms with Crippen molar-refractivity contribution < 1.29 is 37.5 Å². The molecule has 1 rings (SSSR count). The zero-order valence-electron chi connectivity index (χ0n) is 9.06. The third kappa shape index (κ3) is 3.64. The van der Waals surface area contributed by atoms with Crippen molar-refractivity contribution in [3.63, 3.8) is 0 Å². The van der Waals surface area contributed by atoms with E-state index in [1.54, 1.807) is 0 Å². The van der Waals surface area contributed by atoms with Gasteiger partial charge in [-0.3, -0.25) is 0 Å². The molecule has 0 heterocycles. The van der Waals surface area contributed by atoms with Crippen molar-refractivity contribution in [2.24, 2.45) is 0 Å². The summed E-state index contributed by atoms with van der Waals surface area (Å²) < 4.78 is 43.8. The number of carbonyl (C=O) groups is 1. The Morgan fingerprint density at radius 1 is 1.33 bits per heavy atom. The summed E-state index contributed by atoms with van der Waals surface area (Å²) in [6.07, 6.45) is -4.91. The van der Waals surface area contributed by atoms with Crippen molar-refractivity contribution in [2.45, 2.75) is 6.36 Å². The molecule has 5 nitrogen and oxygen atoms in total. The van der Waals surface area contributed by atoms with E-state index in [1.165, 1.54) is 0 Å². The van der Waals surface area contributed by atoms with E-state index in [-0.39, 0.29) is 5.56 Å². The molecule has 0 aromatic heterocycles. The summed E-state index contributed by atoms with van der Waals surface area (Å²) in [6, 6.07) is 2.51. The first-order chi connectivity index (χ1) is 8.24. The molecular weight excluding hydrogens is 256 g/mol. The predicted molar refractivity (Wildman–Crippen MR) is 54.3 cm³/mol. The second-order valence-electron chi connectivity index (χ2n) is 3.16. The molecule has 0 aliphatic rings. The minimum absolute atomic E-state index is 0.262. The van der Waals surface area contributed by atoms with Gasteiger partial charge in [-0.15, -0.1) is 13.2 Å². The zero-order chi connectivity index (χ0) is 13.9. The van der Waals surface area contributed by atoms with Gasteiger partial charge in [-0.2, -0.15) is 0 Å². The number of benzene rings is 1. The minimum Gasteiger partial charge on any atom is -0.465 e. The van der Waals surface area contributed by atoms with Crippen molar-refractivity contribution >= 4 is 18.6 Å². The van der Waals surface area contributed by atoms with Gasteiger partial charge in [-0.1, -0.05) is 0 Å². The second-order valence-corrected chi connectivity index (χ2v) is 3.16. The molecule has 0 radical (unpaired) electrons. The van der Waals surface area contributed by atoms with Crippen LogP contribution in [0.15, 0.2) is 18.2 Å². The lowest BCUT2D eigenvalue weighted by atomic mass is 9.77. The van der Waals surface area contributed by atoms with Crippen LogP contribution >= 0.6 is 0 Å². The van der Waals surface area contributed by atoms with Gasteiger partial charge in [-0.25, -0.2) is 4.79 Å². The van der Waals surface area contributed by atoms with Crippen LogP contribution in [0, 0.1) is 0 Å². The molecule has 0 saturated heterocycles. The molecule has 2 N–H and O–H groups in total. The van der Waals surface area contributed by atoms with E-state index in [2.05, 4.69) is 9.47 Å². The number of esters is 1. The highest BCUT2D eigenvalue weighted by molar-refractivity contribution is 6.60. The first-order valence-corrected chi connectivity index (χ1v) is 4.58. The van der Waals surface area contributed by atoms with Crippen LogP contribution in [0.4, 0.5) is 13.2 Å². The largest absolute Gasteiger partial charge is 0.573 e. The van der Waals surface area contributed by atoms with Gasteiger partial charge in [0.2, 0.25) is 0 Å². The smallest absolute Gasteiger partial charge is 0.465 e. The van der Waals surface area contributed by atoms with Gasteiger partial charge in [0.15, 0.2) is 0 Å². The Kier molecular flexibility index (Phi) is 4.20. The first-order valence-electron chi connectivity index (χ1n) is 4.58. The third-order valence-corrected chi connectivity index (χ3v) is 1.94. The second kappa shape index (κ2) is 5.28. The zero-order valence-corrected chi connectivity index (χ0v) is 9.06. The molecule has 1 aromatic carbocycles. The van der Waals surface area contributed by atoms with Crippen molar-refractivity contribution in [1.82, 2.24) is 0 Å². The summed E-state index contributed by atoms with van der Waals surface area (Å²) in [5, 5.41) is 18.0. The number of rotatable bonds is 3. The Balaban J connectivity index is 3.15. The Bertz CT molecular complexity index is 446. The Morgan fingerprint density at radius 2 is 1.94 bits per heavy atom. The summed E-state index contributed by atoms with van der Waals surface area (Å²) in [6.45, 7) is 0. The Labute approximate surface area is 99.9 Å². The third-order valence-electron chi connectivity index (χ3n) is 1.94. The SMILES string of the molecule is COC(=O)c1ccc(OC(F)(F)F)cc1B(O)O. The average Bonchev–Trinajstić information content (AvgIpc) is 2.25. The molecule has 98 valence electrons. The number of carbonyl (C=O) groups excluding carboxylic acids is 1. The summed E-state index contributed by atoms with van der Waals surface area (Å²) >= 11 is 0. The fraction of sp³-hybridized carbons (Fsp3) is 0.222. The van der Waals surface area contributed by atoms with Gasteiger partial charge >= 0.3 is 19.5 Å². The van der Waals surface area contributed by atoms with E-state index in [0.717, 1.165) is 19.2 Å². The highest BCUT2D eigenvalue weighted by Gasteiger charge is 2.32. The first kappa shape index (κ1) is 14.3. The maximum atomic E-state index is 12.0. The number of alkyl halides is 3. The molecule has 0 aliphatic carbocycles. The fourth-order valence-electron chi connectivity index (χ4n) is 1.25. The van der Waals surface area contributed by atoms with E-state index in [0.29, 0.717) is 6.07 Å². The molecule has 0 amide bonds. The normalized spacial score (nSPS) is 11.0. The van der Waals surface area contributed by atoms with Gasteiger partial charge in [0.25, 0.3) is 0 Å². The number of methoxy groups -OCH3 is 1. The van der Waals surface area contributed by atoms with Gasteiger partial charge in [0.05, 0.1) is 12.7 Å². The summed E-state index contributed by atoms with van der Waals surface area (Å²) in [5.74, 6) is -1.57. The summed E-state index contributed by atoms with van der Waals surface area (Å²) in [4.78, 5) is 11.2. The molecule has 0 fully saturated rings. The lowest BCUT2D eigenvalue weighted by Gasteiger charge is -2.12. The average molecular weight is 264 g/mol. The molecule has 0 spiro atoms. The molecule has 18 heavy (non-hydrogen) atoms. The van der Waals surface area contributed by atoms with Crippen LogP contribution in [0.25, 0.3) is 0 Å². The van der Waals surface area contributed by atoms with E-state index >= 15 is 0 Å². The highest BCUT2D eigenvalue weighted by atomic mass is 19.4. The van der Waals surface area contributed by atoms with Gasteiger partial charge in [-0.05, 0) is 18.2 Å². The van der Waals surface area contributed by atoms with Gasteiger partial charge in [0.1, 0.15) is 5.75 Å². The van der Waals surface area contributed by atoms with Crippen LogP contribution in [0.3, 0.4) is 0 Å². The predicted octanol–water partition coefficient (Wildman–Crippen LogP) is 0.0516. The minimum atomic E-state index is -4.91. The van der Waals surface area contributed by atoms with E-state index in [1.807, 2.05) is 0 Å². The van der Waals surface area contributed by atoms with Gasteiger partial charge in [0, 0.05) is 5.46 Å². The summed E-state index contributed by atoms with van der Waals surface area (Å²) in [7, 11) is -1.08. The topological polar surface area (TPSA) is 76.0 Å². The molecule has 9 heteroatoms. The van der Waals surface area contributed by atoms with Crippen LogP contribution in [0.1, 0.15) is 10.4 Å². The molecule has 1 aromatic rings. The highest BCUT2D eigenvalue weighted by Crippen LogP contribution is 2.22. The number of hydrogen-bond acceptors (Lipinski definition) is 5. The maximum absolute atomic E-state index is 12.0. The van der Waals surface area contributed by atoms with E-state index in [9.17, 15) is 18.0 Å². The summed E-state index contributed by atoms with van der Waals surface area (Å²) in [5.41, 5.74) is -0.703. The van der Waals surface area contributed by atoms with Gasteiger partial charge < -0.3 is 19.5 Å². The Hall–Kier alpha value is -1.74. The Morgan fingerprint density at radius 3 is 2.39 bits per heavy atom. The van der Waals surface area contributed by atoms with Crippen molar-refractivity contribution in [3.05, 3.63) is 23.8 Å². The van der Waals surface area contributed by atoms with Crippen molar-refractivity contribution in [3.8, 4) is 5.75 Å². The molecule has 0 aliphatic heterocycles. The van der Waals surface area contributed by atoms with Crippen LogP contribution in [-0.2, 0) is 4.74 Å². The van der Waals surface area contributed by atoms with Crippen LogP contribution in [0.5, 0.6) is 5.75 Å². The molecule has 0 atom stereocenters. The standard InChI is InChI=1S/C9H8BF3O5/c1-17-8(14)6-3-2-5(18-9(11,12)13)4-7(6)10(15)16/h2-4,15-16H,1H3. The maximum Gasteiger partial charge on any atom is 0.573 e. The van der Waals surface area contributed by atoms with Crippen LogP contribution in [0.2, 0.25) is 0 Å². The quantitative estimate of drug-likeness (QED) is 0.596. The number of ether oxygens (including phenoxy) is 2. The van der Waals surface area contributed by atoms with E-state index in [4.69, 9.17) is 10.0 Å². The molecule has 0 unspecified atom stereocenters. The van der Waals surface area contributed by atoms with Crippen LogP contribution in [-0.4, -0.2) is 36.6 Å². The molecular formula is C9H8BF3O5. The lowest BCUT2D eigenvalue weighted by Crippen LogP contribution is -2.35. The monoisotopic (exact) mass is 264 g/mol. The fourth-order valence-corrected chi connectivity index (χ4v) is 1.25.